The molecule has 0 bridgehead atoms. The smallest absolute Gasteiger partial charge is 0.241 e. The molecule has 0 N–H and O–H groups in total. The highest BCUT2D eigenvalue weighted by atomic mass is 35.5. The van der Waals surface area contributed by atoms with Crippen LogP contribution in [-0.2, 0) is 0 Å². The SMILES string of the molecule is CC(F)C(F)(F)C(Cl)=C(F)F. The zero-order valence-corrected chi connectivity index (χ0v) is 6.10. The van der Waals surface area contributed by atoms with Crippen LogP contribution in [0.5, 0.6) is 0 Å². The molecule has 0 fully saturated rings. The minimum Gasteiger partial charge on any atom is -0.241 e. The Morgan fingerprint density at radius 2 is 1.73 bits per heavy atom. The van der Waals surface area contributed by atoms with Crippen LogP contribution in [0.4, 0.5) is 22.0 Å². The third-order valence-corrected chi connectivity index (χ3v) is 1.35. The van der Waals surface area contributed by atoms with E-state index in [9.17, 15) is 22.0 Å². The van der Waals surface area contributed by atoms with Crippen LogP contribution in [0.15, 0.2) is 11.1 Å². The van der Waals surface area contributed by atoms with Crippen molar-refractivity contribution in [1.82, 2.24) is 0 Å². The van der Waals surface area contributed by atoms with Gasteiger partial charge in [-0.15, -0.1) is 0 Å². The van der Waals surface area contributed by atoms with Gasteiger partial charge in [-0.2, -0.15) is 17.6 Å². The van der Waals surface area contributed by atoms with E-state index in [1.807, 2.05) is 0 Å². The lowest BCUT2D eigenvalue weighted by Crippen LogP contribution is -2.28. The summed E-state index contributed by atoms with van der Waals surface area (Å²) in [6.07, 6.45) is -5.49. The number of hydrogen-bond donors (Lipinski definition) is 0. The number of rotatable bonds is 2. The monoisotopic (exact) mass is 194 g/mol. The third kappa shape index (κ3) is 2.32. The van der Waals surface area contributed by atoms with E-state index in [4.69, 9.17) is 0 Å². The molecule has 6 heteroatoms. The Balaban J connectivity index is 4.70. The molecule has 0 radical (unpaired) electrons. The average Bonchev–Trinajstić information content (AvgIpc) is 1.85. The highest BCUT2D eigenvalue weighted by Crippen LogP contribution is 2.35. The first-order valence-corrected chi connectivity index (χ1v) is 2.91. The number of alkyl halides is 3. The summed E-state index contributed by atoms with van der Waals surface area (Å²) < 4.78 is 59.0. The van der Waals surface area contributed by atoms with E-state index in [0.29, 0.717) is 6.92 Å². The zero-order valence-electron chi connectivity index (χ0n) is 5.35. The lowest BCUT2D eigenvalue weighted by molar-refractivity contribution is -0.0266. The molecule has 0 aromatic carbocycles. The van der Waals surface area contributed by atoms with E-state index in [-0.39, 0.29) is 0 Å². The predicted octanol–water partition coefficient (Wildman–Crippen LogP) is 3.33. The molecule has 0 aromatic heterocycles. The Hall–Kier alpha value is -0.320. The van der Waals surface area contributed by atoms with Gasteiger partial charge in [0, 0.05) is 0 Å². The lowest BCUT2D eigenvalue weighted by atomic mass is 10.2. The summed E-state index contributed by atoms with van der Waals surface area (Å²) in [7, 11) is 0. The Morgan fingerprint density at radius 3 is 1.82 bits per heavy atom. The van der Waals surface area contributed by atoms with Crippen LogP contribution in [0.3, 0.4) is 0 Å². The van der Waals surface area contributed by atoms with Gasteiger partial charge >= 0.3 is 5.92 Å². The molecule has 66 valence electrons. The Labute approximate surface area is 64.6 Å². The molecule has 0 amide bonds. The highest BCUT2D eigenvalue weighted by molar-refractivity contribution is 6.30. The van der Waals surface area contributed by atoms with E-state index in [1.165, 1.54) is 0 Å². The molecule has 0 aliphatic heterocycles. The summed E-state index contributed by atoms with van der Waals surface area (Å²) in [5.41, 5.74) is 0. The van der Waals surface area contributed by atoms with Gasteiger partial charge in [-0.3, -0.25) is 0 Å². The number of hydrogen-bond acceptors (Lipinski definition) is 0. The molecule has 0 aliphatic carbocycles. The van der Waals surface area contributed by atoms with Gasteiger partial charge in [0.1, 0.15) is 0 Å². The fourth-order valence-corrected chi connectivity index (χ4v) is 0.451. The van der Waals surface area contributed by atoms with E-state index in [2.05, 4.69) is 11.6 Å². The van der Waals surface area contributed by atoms with Gasteiger partial charge in [0.2, 0.25) is 0 Å². The molecule has 11 heavy (non-hydrogen) atoms. The van der Waals surface area contributed by atoms with Crippen LogP contribution >= 0.6 is 11.6 Å². The second-order valence-corrected chi connectivity index (χ2v) is 2.19. The third-order valence-electron chi connectivity index (χ3n) is 0.958. The molecule has 0 aromatic rings. The van der Waals surface area contributed by atoms with Gasteiger partial charge in [-0.25, -0.2) is 4.39 Å². The van der Waals surface area contributed by atoms with Crippen molar-refractivity contribution in [2.45, 2.75) is 19.0 Å². The van der Waals surface area contributed by atoms with Gasteiger partial charge in [0.25, 0.3) is 6.08 Å². The highest BCUT2D eigenvalue weighted by Gasteiger charge is 2.43. The summed E-state index contributed by atoms with van der Waals surface area (Å²) in [6.45, 7) is 0.450. The first-order valence-electron chi connectivity index (χ1n) is 2.53. The van der Waals surface area contributed by atoms with E-state index < -0.39 is 23.2 Å². The molecule has 0 aliphatic rings. The van der Waals surface area contributed by atoms with Crippen molar-refractivity contribution in [1.29, 1.82) is 0 Å². The van der Waals surface area contributed by atoms with Gasteiger partial charge in [0.15, 0.2) is 11.2 Å². The molecule has 0 rings (SSSR count). The van der Waals surface area contributed by atoms with Crippen molar-refractivity contribution in [2.24, 2.45) is 0 Å². The van der Waals surface area contributed by atoms with Crippen molar-refractivity contribution < 1.29 is 22.0 Å². The maximum atomic E-state index is 12.1. The van der Waals surface area contributed by atoms with Crippen LogP contribution < -0.4 is 0 Å². The van der Waals surface area contributed by atoms with E-state index in [0.717, 1.165) is 0 Å². The van der Waals surface area contributed by atoms with Crippen LogP contribution in [0.2, 0.25) is 0 Å². The van der Waals surface area contributed by atoms with E-state index >= 15 is 0 Å². The molecular formula is C5H4ClF5. The Morgan fingerprint density at radius 1 is 1.36 bits per heavy atom. The summed E-state index contributed by atoms with van der Waals surface area (Å²) in [5, 5.41) is -2.03. The Kier molecular flexibility index (Phi) is 3.29. The average molecular weight is 195 g/mol. The summed E-state index contributed by atoms with van der Waals surface area (Å²) in [5.74, 6) is -4.29. The number of halogens is 6. The van der Waals surface area contributed by atoms with Crippen molar-refractivity contribution in [3.8, 4) is 0 Å². The fraction of sp³-hybridized carbons (Fsp3) is 0.600. The molecule has 0 spiro atoms. The first-order chi connectivity index (χ1) is 4.80. The van der Waals surface area contributed by atoms with Gasteiger partial charge in [-0.1, -0.05) is 11.6 Å². The quantitative estimate of drug-likeness (QED) is 0.592. The zero-order chi connectivity index (χ0) is 9.23. The van der Waals surface area contributed by atoms with Gasteiger partial charge < -0.3 is 0 Å². The van der Waals surface area contributed by atoms with Crippen molar-refractivity contribution in [3.63, 3.8) is 0 Å². The largest absolute Gasteiger partial charge is 0.318 e. The lowest BCUT2D eigenvalue weighted by Gasteiger charge is -2.15. The molecule has 1 unspecified atom stereocenters. The minimum atomic E-state index is -4.29. The summed E-state index contributed by atoms with van der Waals surface area (Å²) in [6, 6.07) is 0. The first kappa shape index (κ1) is 10.7. The Bertz CT molecular complexity index is 170. The van der Waals surface area contributed by atoms with E-state index in [1.54, 1.807) is 0 Å². The standard InChI is InChI=1S/C5H4ClF5/c1-2(7)5(10,11)3(6)4(8)9/h2H,1H3. The van der Waals surface area contributed by atoms with Gasteiger partial charge in [0.05, 0.1) is 0 Å². The summed E-state index contributed by atoms with van der Waals surface area (Å²) in [4.78, 5) is 0. The van der Waals surface area contributed by atoms with Crippen molar-refractivity contribution >= 4 is 11.6 Å². The number of allylic oxidation sites excluding steroid dienone is 1. The summed E-state index contributed by atoms with van der Waals surface area (Å²) >= 11 is 4.44. The molecule has 0 saturated carbocycles. The maximum Gasteiger partial charge on any atom is 0.318 e. The van der Waals surface area contributed by atoms with Crippen LogP contribution in [-0.4, -0.2) is 12.1 Å². The second-order valence-electron chi connectivity index (χ2n) is 1.81. The van der Waals surface area contributed by atoms with Crippen LogP contribution in [0.1, 0.15) is 6.92 Å². The van der Waals surface area contributed by atoms with Crippen LogP contribution in [0.25, 0.3) is 0 Å². The second kappa shape index (κ2) is 3.38. The molecule has 0 nitrogen and oxygen atoms in total. The van der Waals surface area contributed by atoms with Crippen LogP contribution in [0, 0.1) is 0 Å². The topological polar surface area (TPSA) is 0 Å². The predicted molar refractivity (Wildman–Crippen MR) is 30.6 cm³/mol. The molecule has 1 atom stereocenters. The maximum absolute atomic E-state index is 12.1. The van der Waals surface area contributed by atoms with Crippen molar-refractivity contribution in [2.75, 3.05) is 0 Å². The molecule has 0 saturated heterocycles. The molecular weight excluding hydrogens is 190 g/mol. The van der Waals surface area contributed by atoms with Crippen molar-refractivity contribution in [3.05, 3.63) is 11.1 Å². The fourth-order valence-electron chi connectivity index (χ4n) is 0.301. The normalized spacial score (nSPS) is 14.5. The minimum absolute atomic E-state index is 0.450. The molecule has 0 heterocycles. The van der Waals surface area contributed by atoms with Gasteiger partial charge in [-0.05, 0) is 6.92 Å².